The quantitative estimate of drug-likeness (QED) is 0.514. The van der Waals surface area contributed by atoms with Gasteiger partial charge in [0.1, 0.15) is 16.8 Å². The molecule has 0 saturated carbocycles. The fourth-order valence-electron chi connectivity index (χ4n) is 4.25. The zero-order valence-corrected chi connectivity index (χ0v) is 18.9. The number of fused-ring (bicyclic) bond motifs is 1. The fourth-order valence-corrected chi connectivity index (χ4v) is 5.49. The molecule has 10 heteroatoms. The summed E-state index contributed by atoms with van der Waals surface area (Å²) >= 11 is 0. The van der Waals surface area contributed by atoms with E-state index in [9.17, 15) is 8.60 Å². The molecule has 2 aromatic heterocycles. The van der Waals surface area contributed by atoms with Crippen LogP contribution in [0.15, 0.2) is 53.8 Å². The number of aromatic nitrogens is 5. The molecule has 0 aliphatic carbocycles. The molecule has 32 heavy (non-hydrogen) atoms. The minimum Gasteiger partial charge on any atom is -0.305 e. The zero-order chi connectivity index (χ0) is 22.4. The van der Waals surface area contributed by atoms with E-state index in [1.54, 1.807) is 25.4 Å². The van der Waals surface area contributed by atoms with Crippen LogP contribution in [0.3, 0.4) is 0 Å². The van der Waals surface area contributed by atoms with Crippen LogP contribution in [-0.2, 0) is 18.0 Å². The van der Waals surface area contributed by atoms with Gasteiger partial charge in [0.2, 0.25) is 0 Å². The summed E-state index contributed by atoms with van der Waals surface area (Å²) < 4.78 is 30.2. The number of hydrogen-bond acceptors (Lipinski definition) is 5. The van der Waals surface area contributed by atoms with Crippen LogP contribution in [0.5, 0.6) is 0 Å². The Balaban J connectivity index is 1.46. The van der Waals surface area contributed by atoms with Gasteiger partial charge in [-0.2, -0.15) is 15.0 Å². The van der Waals surface area contributed by atoms with Gasteiger partial charge in [-0.15, -0.1) is 5.10 Å². The van der Waals surface area contributed by atoms with Crippen LogP contribution in [0.4, 0.5) is 4.39 Å². The van der Waals surface area contributed by atoms with E-state index < -0.39 is 11.0 Å². The molecule has 3 unspecified atom stereocenters. The van der Waals surface area contributed by atoms with Gasteiger partial charge >= 0.3 is 0 Å². The van der Waals surface area contributed by atoms with E-state index in [4.69, 9.17) is 0 Å². The van der Waals surface area contributed by atoms with Crippen molar-refractivity contribution in [1.82, 2.24) is 34.4 Å². The minimum absolute atomic E-state index is 0.0120. The number of nitrogens with one attached hydrogen (secondary N) is 1. The molecule has 1 fully saturated rings. The highest BCUT2D eigenvalue weighted by Crippen LogP contribution is 2.29. The fraction of sp³-hybridized carbons (Fsp3) is 0.318. The average Bonchev–Trinajstić information content (AvgIpc) is 3.39. The smallest absolute Gasteiger partial charge is 0.185 e. The van der Waals surface area contributed by atoms with Gasteiger partial charge in [-0.05, 0) is 61.4 Å². The minimum atomic E-state index is -1.37. The Kier molecular flexibility index (Phi) is 5.36. The van der Waals surface area contributed by atoms with Gasteiger partial charge in [-0.25, -0.2) is 17.6 Å². The monoisotopic (exact) mass is 453 g/mol. The normalized spacial score (nSPS) is 20.6. The first kappa shape index (κ1) is 20.9. The number of rotatable bonds is 4. The van der Waals surface area contributed by atoms with Crippen LogP contribution in [0.1, 0.15) is 24.1 Å². The lowest BCUT2D eigenvalue weighted by atomic mass is 9.97. The predicted octanol–water partition coefficient (Wildman–Crippen LogP) is 2.66. The molecule has 1 aliphatic rings. The van der Waals surface area contributed by atoms with Crippen molar-refractivity contribution in [2.45, 2.75) is 31.0 Å². The first-order valence-corrected chi connectivity index (χ1v) is 11.5. The second kappa shape index (κ2) is 8.19. The predicted molar refractivity (Wildman–Crippen MR) is 120 cm³/mol. The van der Waals surface area contributed by atoms with Crippen molar-refractivity contribution in [1.29, 1.82) is 0 Å². The van der Waals surface area contributed by atoms with Gasteiger partial charge in [-0.1, -0.05) is 0 Å². The number of piperazine rings is 1. The van der Waals surface area contributed by atoms with Crippen LogP contribution in [0.2, 0.25) is 0 Å². The maximum Gasteiger partial charge on any atom is 0.185 e. The Morgan fingerprint density at radius 3 is 2.62 bits per heavy atom. The highest BCUT2D eigenvalue weighted by molar-refractivity contribution is 7.82. The number of hydrogen-bond donors (Lipinski definition) is 1. The van der Waals surface area contributed by atoms with E-state index in [0.29, 0.717) is 18.1 Å². The summed E-state index contributed by atoms with van der Waals surface area (Å²) in [5.74, 6) is -0.274. The molecule has 1 N–H and O–H groups in total. The number of halogens is 1. The van der Waals surface area contributed by atoms with Crippen molar-refractivity contribution in [3.05, 3.63) is 65.7 Å². The summed E-state index contributed by atoms with van der Waals surface area (Å²) in [6.45, 7) is 5.41. The Morgan fingerprint density at radius 2 is 1.91 bits per heavy atom. The van der Waals surface area contributed by atoms with Crippen LogP contribution in [-0.4, -0.2) is 52.4 Å². The molecule has 2 aromatic carbocycles. The summed E-state index contributed by atoms with van der Waals surface area (Å²) in [6, 6.07) is 10.7. The lowest BCUT2D eigenvalue weighted by Crippen LogP contribution is -2.51. The molecule has 3 atom stereocenters. The Bertz CT molecular complexity index is 1300. The topological polar surface area (TPSA) is 80.9 Å². The van der Waals surface area contributed by atoms with E-state index >= 15 is 0 Å². The second-order valence-electron chi connectivity index (χ2n) is 8.19. The molecule has 0 bridgehead atoms. The number of benzene rings is 2. The third kappa shape index (κ3) is 3.85. The molecule has 4 aromatic rings. The van der Waals surface area contributed by atoms with E-state index in [2.05, 4.69) is 46.6 Å². The first-order chi connectivity index (χ1) is 15.4. The maximum atomic E-state index is 13.3. The molecule has 1 saturated heterocycles. The lowest BCUT2D eigenvalue weighted by Gasteiger charge is -2.37. The zero-order valence-electron chi connectivity index (χ0n) is 18.1. The standard InChI is InChI=1S/C22H24FN7OS/c1-14-8-21-16(10-25-30(21)18-6-4-17(23)5-7-18)9-19(14)20-13-29(12-15(2)26-20)32(31)22-11-24-28(3)27-22/h4-11,15,20,26H,12-13H2,1-3H3. The molecule has 166 valence electrons. The summed E-state index contributed by atoms with van der Waals surface area (Å²) in [4.78, 5) is 1.42. The average molecular weight is 454 g/mol. The van der Waals surface area contributed by atoms with E-state index in [1.807, 2.05) is 15.2 Å². The van der Waals surface area contributed by atoms with Gasteiger partial charge in [0.05, 0.1) is 23.6 Å². The number of nitrogens with zero attached hydrogens (tertiary/aromatic N) is 6. The van der Waals surface area contributed by atoms with Crippen molar-refractivity contribution >= 4 is 21.9 Å². The molecular formula is C22H24FN7OS. The van der Waals surface area contributed by atoms with Gasteiger partial charge in [0.15, 0.2) is 5.03 Å². The third-order valence-electron chi connectivity index (χ3n) is 5.74. The van der Waals surface area contributed by atoms with Gasteiger partial charge < -0.3 is 5.32 Å². The third-order valence-corrected chi connectivity index (χ3v) is 7.06. The van der Waals surface area contributed by atoms with Gasteiger partial charge in [-0.3, -0.25) is 0 Å². The second-order valence-corrected chi connectivity index (χ2v) is 9.62. The molecular weight excluding hydrogens is 429 g/mol. The Hall–Kier alpha value is -2.95. The largest absolute Gasteiger partial charge is 0.305 e. The van der Waals surface area contributed by atoms with Crippen molar-refractivity contribution in [3.8, 4) is 5.69 Å². The molecule has 1 aliphatic heterocycles. The first-order valence-electron chi connectivity index (χ1n) is 10.4. The molecule has 0 radical (unpaired) electrons. The molecule has 0 spiro atoms. The van der Waals surface area contributed by atoms with E-state index in [-0.39, 0.29) is 17.9 Å². The summed E-state index contributed by atoms with van der Waals surface area (Å²) in [6.07, 6.45) is 3.38. The van der Waals surface area contributed by atoms with E-state index in [1.165, 1.54) is 16.9 Å². The number of aryl methyl sites for hydroxylation is 2. The Labute approximate surface area is 187 Å². The highest BCUT2D eigenvalue weighted by atomic mass is 32.2. The summed E-state index contributed by atoms with van der Waals surface area (Å²) in [7, 11) is 0.348. The van der Waals surface area contributed by atoms with Crippen molar-refractivity contribution in [2.75, 3.05) is 13.1 Å². The van der Waals surface area contributed by atoms with Crippen molar-refractivity contribution in [3.63, 3.8) is 0 Å². The Morgan fingerprint density at radius 1 is 1.12 bits per heavy atom. The SMILES string of the molecule is Cc1cc2c(cnn2-c2ccc(F)cc2)cc1C1CN(S(=O)c2cnn(C)n2)CC(C)N1. The van der Waals surface area contributed by atoms with Crippen LogP contribution in [0, 0.1) is 12.7 Å². The lowest BCUT2D eigenvalue weighted by molar-refractivity contribution is 0.263. The summed E-state index contributed by atoms with van der Waals surface area (Å²) in [5, 5.41) is 17.9. The van der Waals surface area contributed by atoms with Crippen molar-refractivity contribution < 1.29 is 8.60 Å². The molecule has 8 nitrogen and oxygen atoms in total. The van der Waals surface area contributed by atoms with Crippen LogP contribution >= 0.6 is 0 Å². The molecule has 3 heterocycles. The van der Waals surface area contributed by atoms with Crippen molar-refractivity contribution in [2.24, 2.45) is 7.05 Å². The van der Waals surface area contributed by atoms with Crippen LogP contribution in [0.25, 0.3) is 16.6 Å². The molecule has 5 rings (SSSR count). The molecule has 0 amide bonds. The van der Waals surface area contributed by atoms with Gasteiger partial charge in [0, 0.05) is 37.6 Å². The van der Waals surface area contributed by atoms with Crippen LogP contribution < -0.4 is 5.32 Å². The maximum absolute atomic E-state index is 13.3. The van der Waals surface area contributed by atoms with E-state index in [0.717, 1.165) is 27.7 Å². The summed E-state index contributed by atoms with van der Waals surface area (Å²) in [5.41, 5.74) is 4.02. The highest BCUT2D eigenvalue weighted by Gasteiger charge is 2.31. The van der Waals surface area contributed by atoms with Gasteiger partial charge in [0.25, 0.3) is 0 Å².